The fourth-order valence-electron chi connectivity index (χ4n) is 1.63. The number of hydrogen-bond acceptors (Lipinski definition) is 2. The van der Waals surface area contributed by atoms with Gasteiger partial charge in [0.15, 0.2) is 5.78 Å². The first-order valence-corrected chi connectivity index (χ1v) is 6.18. The Bertz CT molecular complexity index is 537. The Kier molecular flexibility index (Phi) is 2.92. The van der Waals surface area contributed by atoms with Gasteiger partial charge in [0.25, 0.3) is 0 Å². The molecule has 1 aromatic heterocycles. The van der Waals surface area contributed by atoms with Crippen LogP contribution in [0.2, 0.25) is 0 Å². The molecule has 0 unspecified atom stereocenters. The largest absolute Gasteiger partial charge is 0.289 e. The predicted octanol–water partition coefficient (Wildman–Crippen LogP) is 3.90. The third-order valence-electron chi connectivity index (χ3n) is 2.87. The molecular formula is C14H14OS. The second-order valence-electron chi connectivity index (χ2n) is 4.10. The summed E-state index contributed by atoms with van der Waals surface area (Å²) < 4.78 is 0. The van der Waals surface area contributed by atoms with Crippen molar-refractivity contribution in [3.05, 3.63) is 56.8 Å². The van der Waals surface area contributed by atoms with Gasteiger partial charge < -0.3 is 0 Å². The molecule has 0 amide bonds. The molecule has 0 saturated heterocycles. The highest BCUT2D eigenvalue weighted by molar-refractivity contribution is 7.08. The fourth-order valence-corrected chi connectivity index (χ4v) is 2.46. The van der Waals surface area contributed by atoms with E-state index in [-0.39, 0.29) is 5.78 Å². The molecule has 16 heavy (non-hydrogen) atoms. The van der Waals surface area contributed by atoms with Crippen LogP contribution in [-0.2, 0) is 0 Å². The molecule has 1 heterocycles. The Balaban J connectivity index is 2.42. The van der Waals surface area contributed by atoms with E-state index in [4.69, 9.17) is 0 Å². The van der Waals surface area contributed by atoms with E-state index in [9.17, 15) is 4.79 Å². The van der Waals surface area contributed by atoms with Crippen molar-refractivity contribution >= 4 is 17.1 Å². The molecule has 1 nitrogen and oxygen atoms in total. The highest BCUT2D eigenvalue weighted by atomic mass is 32.1. The lowest BCUT2D eigenvalue weighted by Crippen LogP contribution is -2.02. The van der Waals surface area contributed by atoms with Gasteiger partial charge in [-0.05, 0) is 48.9 Å². The lowest BCUT2D eigenvalue weighted by atomic mass is 9.99. The maximum absolute atomic E-state index is 12.2. The molecule has 0 bridgehead atoms. The first-order chi connectivity index (χ1) is 7.59. The minimum atomic E-state index is 0.127. The van der Waals surface area contributed by atoms with Crippen molar-refractivity contribution in [3.8, 4) is 0 Å². The zero-order chi connectivity index (χ0) is 11.7. The normalized spacial score (nSPS) is 10.4. The van der Waals surface area contributed by atoms with E-state index >= 15 is 0 Å². The van der Waals surface area contributed by atoms with Crippen LogP contribution in [-0.4, -0.2) is 5.78 Å². The van der Waals surface area contributed by atoms with Gasteiger partial charge in [-0.1, -0.05) is 12.1 Å². The van der Waals surface area contributed by atoms with Crippen LogP contribution in [0, 0.1) is 20.8 Å². The number of benzene rings is 1. The molecule has 0 fully saturated rings. The zero-order valence-corrected chi connectivity index (χ0v) is 10.5. The number of carbonyl (C=O) groups is 1. The molecule has 0 aliphatic heterocycles. The number of ketones is 1. The minimum absolute atomic E-state index is 0.127. The minimum Gasteiger partial charge on any atom is -0.289 e. The van der Waals surface area contributed by atoms with E-state index in [0.717, 1.165) is 16.7 Å². The molecular weight excluding hydrogens is 216 g/mol. The van der Waals surface area contributed by atoms with Gasteiger partial charge in [0, 0.05) is 16.5 Å². The fraction of sp³-hybridized carbons (Fsp3) is 0.214. The Hall–Kier alpha value is -1.41. The molecule has 1 aromatic carbocycles. The van der Waals surface area contributed by atoms with Crippen molar-refractivity contribution in [3.63, 3.8) is 0 Å². The number of aryl methyl sites for hydroxylation is 3. The Morgan fingerprint density at radius 1 is 1.00 bits per heavy atom. The van der Waals surface area contributed by atoms with Gasteiger partial charge in [0.2, 0.25) is 0 Å². The highest BCUT2D eigenvalue weighted by Crippen LogP contribution is 2.19. The Morgan fingerprint density at radius 2 is 1.75 bits per heavy atom. The van der Waals surface area contributed by atoms with Gasteiger partial charge in [-0.2, -0.15) is 11.3 Å². The van der Waals surface area contributed by atoms with E-state index < -0.39 is 0 Å². The molecule has 0 aliphatic carbocycles. The summed E-state index contributed by atoms with van der Waals surface area (Å²) in [5.41, 5.74) is 5.06. The van der Waals surface area contributed by atoms with Gasteiger partial charge >= 0.3 is 0 Å². The maximum Gasteiger partial charge on any atom is 0.194 e. The topological polar surface area (TPSA) is 17.1 Å². The van der Waals surface area contributed by atoms with Crippen LogP contribution in [0.1, 0.15) is 32.6 Å². The van der Waals surface area contributed by atoms with E-state index in [2.05, 4.69) is 6.92 Å². The second kappa shape index (κ2) is 4.22. The summed E-state index contributed by atoms with van der Waals surface area (Å²) in [5, 5.41) is 3.93. The predicted molar refractivity (Wildman–Crippen MR) is 68.4 cm³/mol. The van der Waals surface area contributed by atoms with Crippen molar-refractivity contribution in [2.75, 3.05) is 0 Å². The zero-order valence-electron chi connectivity index (χ0n) is 9.70. The summed E-state index contributed by atoms with van der Waals surface area (Å²) >= 11 is 1.58. The number of rotatable bonds is 2. The monoisotopic (exact) mass is 230 g/mol. The molecule has 0 saturated carbocycles. The molecule has 2 heteroatoms. The van der Waals surface area contributed by atoms with Crippen molar-refractivity contribution in [1.29, 1.82) is 0 Å². The number of thiophene rings is 1. The third kappa shape index (κ3) is 1.93. The van der Waals surface area contributed by atoms with E-state index in [1.807, 2.05) is 42.8 Å². The van der Waals surface area contributed by atoms with Gasteiger partial charge in [-0.3, -0.25) is 4.79 Å². The number of hydrogen-bond donors (Lipinski definition) is 0. The standard InChI is InChI=1S/C14H14OS/c1-9-4-5-12(6-10(9)2)14(15)13-8-16-7-11(13)3/h4-8H,1-3H3. The molecule has 0 N–H and O–H groups in total. The van der Waals surface area contributed by atoms with Crippen molar-refractivity contribution in [2.24, 2.45) is 0 Å². The van der Waals surface area contributed by atoms with Crippen LogP contribution in [0.15, 0.2) is 29.0 Å². The second-order valence-corrected chi connectivity index (χ2v) is 4.84. The highest BCUT2D eigenvalue weighted by Gasteiger charge is 2.12. The van der Waals surface area contributed by atoms with Crippen LogP contribution < -0.4 is 0 Å². The van der Waals surface area contributed by atoms with E-state index in [0.29, 0.717) is 0 Å². The van der Waals surface area contributed by atoms with Gasteiger partial charge in [0.1, 0.15) is 0 Å². The Labute approximate surface area is 99.8 Å². The van der Waals surface area contributed by atoms with Crippen molar-refractivity contribution < 1.29 is 4.79 Å². The smallest absolute Gasteiger partial charge is 0.194 e. The summed E-state index contributed by atoms with van der Waals surface area (Å²) in [7, 11) is 0. The summed E-state index contributed by atoms with van der Waals surface area (Å²) in [4.78, 5) is 12.2. The average molecular weight is 230 g/mol. The summed E-state index contributed by atoms with van der Waals surface area (Å²) in [6.45, 7) is 6.07. The lowest BCUT2D eigenvalue weighted by molar-refractivity contribution is 0.103. The molecule has 2 rings (SSSR count). The van der Waals surface area contributed by atoms with Crippen LogP contribution in [0.3, 0.4) is 0 Å². The summed E-state index contributed by atoms with van der Waals surface area (Å²) in [6.07, 6.45) is 0. The van der Waals surface area contributed by atoms with E-state index in [1.54, 1.807) is 11.3 Å². The molecule has 82 valence electrons. The van der Waals surface area contributed by atoms with Crippen LogP contribution >= 0.6 is 11.3 Å². The van der Waals surface area contributed by atoms with Gasteiger partial charge in [-0.25, -0.2) is 0 Å². The summed E-state index contributed by atoms with van der Waals surface area (Å²) in [5.74, 6) is 0.127. The van der Waals surface area contributed by atoms with E-state index in [1.165, 1.54) is 11.1 Å². The molecule has 2 aromatic rings. The Morgan fingerprint density at radius 3 is 2.31 bits per heavy atom. The SMILES string of the molecule is Cc1ccc(C(=O)c2cscc2C)cc1C. The quantitative estimate of drug-likeness (QED) is 0.715. The average Bonchev–Trinajstić information content (AvgIpc) is 2.67. The van der Waals surface area contributed by atoms with Crippen LogP contribution in [0.5, 0.6) is 0 Å². The third-order valence-corrected chi connectivity index (χ3v) is 3.73. The van der Waals surface area contributed by atoms with Crippen LogP contribution in [0.4, 0.5) is 0 Å². The summed E-state index contributed by atoms with van der Waals surface area (Å²) in [6, 6.07) is 5.88. The first-order valence-electron chi connectivity index (χ1n) is 5.24. The molecule has 0 atom stereocenters. The molecule has 0 radical (unpaired) electrons. The maximum atomic E-state index is 12.2. The lowest BCUT2D eigenvalue weighted by Gasteiger charge is -2.04. The van der Waals surface area contributed by atoms with Crippen LogP contribution in [0.25, 0.3) is 0 Å². The van der Waals surface area contributed by atoms with Gasteiger partial charge in [0.05, 0.1) is 0 Å². The van der Waals surface area contributed by atoms with Gasteiger partial charge in [-0.15, -0.1) is 0 Å². The first kappa shape index (κ1) is 11.1. The van der Waals surface area contributed by atoms with Crippen molar-refractivity contribution in [1.82, 2.24) is 0 Å². The van der Waals surface area contributed by atoms with Crippen molar-refractivity contribution in [2.45, 2.75) is 20.8 Å². The molecule has 0 spiro atoms. The number of carbonyl (C=O) groups excluding carboxylic acids is 1. The molecule has 0 aliphatic rings.